The molecule has 0 aromatic carbocycles. The highest BCUT2D eigenvalue weighted by atomic mass is 16.5. The predicted octanol–water partition coefficient (Wildman–Crippen LogP) is 1.83. The minimum absolute atomic E-state index is 0.0510. The summed E-state index contributed by atoms with van der Waals surface area (Å²) in [6.45, 7) is 8.64. The molecule has 2 heterocycles. The lowest BCUT2D eigenvalue weighted by Gasteiger charge is -2.32. The van der Waals surface area contributed by atoms with Gasteiger partial charge in [0.1, 0.15) is 0 Å². The maximum atomic E-state index is 12.7. The van der Waals surface area contributed by atoms with Gasteiger partial charge in [0.15, 0.2) is 0 Å². The first-order valence-corrected chi connectivity index (χ1v) is 8.64. The van der Waals surface area contributed by atoms with Crippen LogP contribution in [0.15, 0.2) is 0 Å². The van der Waals surface area contributed by atoms with Crippen molar-refractivity contribution < 1.29 is 14.3 Å². The van der Waals surface area contributed by atoms with Crippen LogP contribution in [-0.4, -0.2) is 47.7 Å². The molecule has 1 aromatic heterocycles. The smallest absolute Gasteiger partial charge is 0.255 e. The Hall–Kier alpha value is -1.40. The number of carbonyl (C=O) groups excluding carboxylic acids is 1. The molecule has 1 saturated carbocycles. The quantitative estimate of drug-likeness (QED) is 0.868. The summed E-state index contributed by atoms with van der Waals surface area (Å²) in [5, 5.41) is 7.53. The maximum Gasteiger partial charge on any atom is 0.255 e. The molecule has 1 aromatic rings. The molecule has 1 aliphatic carbocycles. The Kier molecular flexibility index (Phi) is 5.02. The van der Waals surface area contributed by atoms with Crippen LogP contribution in [0.2, 0.25) is 0 Å². The number of hydrogen-bond acceptors (Lipinski definition) is 4. The van der Waals surface area contributed by atoms with Gasteiger partial charge >= 0.3 is 0 Å². The van der Waals surface area contributed by atoms with Crippen LogP contribution in [0.25, 0.3) is 0 Å². The van der Waals surface area contributed by atoms with E-state index in [0.717, 1.165) is 36.9 Å². The first-order valence-electron chi connectivity index (χ1n) is 8.64. The molecule has 0 spiro atoms. The number of aromatic nitrogens is 2. The molecule has 1 aliphatic heterocycles. The first kappa shape index (κ1) is 16.5. The third kappa shape index (κ3) is 3.75. The average Bonchev–Trinajstić information content (AvgIpc) is 3.31. The highest BCUT2D eigenvalue weighted by Crippen LogP contribution is 2.30. The number of rotatable bonds is 6. The van der Waals surface area contributed by atoms with Crippen LogP contribution in [0.1, 0.15) is 47.9 Å². The number of nitrogens with one attached hydrogen (secondary N) is 1. The molecule has 23 heavy (non-hydrogen) atoms. The van der Waals surface area contributed by atoms with Crippen LogP contribution >= 0.6 is 0 Å². The maximum absolute atomic E-state index is 12.7. The highest BCUT2D eigenvalue weighted by Gasteiger charge is 2.31. The van der Waals surface area contributed by atoms with Gasteiger partial charge in [-0.3, -0.25) is 9.48 Å². The summed E-state index contributed by atoms with van der Waals surface area (Å²) in [7, 11) is 0. The molecule has 6 heteroatoms. The summed E-state index contributed by atoms with van der Waals surface area (Å²) in [6, 6.07) is -0.0845. The largest absolute Gasteiger partial charge is 0.379 e. The van der Waals surface area contributed by atoms with E-state index in [9.17, 15) is 4.79 Å². The van der Waals surface area contributed by atoms with Crippen molar-refractivity contribution in [3.05, 3.63) is 17.0 Å². The van der Waals surface area contributed by atoms with Gasteiger partial charge in [0.25, 0.3) is 5.91 Å². The van der Waals surface area contributed by atoms with Crippen LogP contribution in [0.3, 0.4) is 0 Å². The fourth-order valence-electron chi connectivity index (χ4n) is 3.17. The predicted molar refractivity (Wildman–Crippen MR) is 86.5 cm³/mol. The molecule has 2 fully saturated rings. The lowest BCUT2D eigenvalue weighted by atomic mass is 10.1. The zero-order valence-corrected chi connectivity index (χ0v) is 14.3. The normalized spacial score (nSPS) is 24.7. The van der Waals surface area contributed by atoms with E-state index in [1.54, 1.807) is 0 Å². The minimum Gasteiger partial charge on any atom is -0.379 e. The Labute approximate surface area is 137 Å². The molecule has 6 nitrogen and oxygen atoms in total. The molecule has 128 valence electrons. The van der Waals surface area contributed by atoms with Crippen molar-refractivity contribution >= 4 is 5.91 Å². The van der Waals surface area contributed by atoms with Gasteiger partial charge in [-0.2, -0.15) is 5.10 Å². The molecular formula is C17H27N3O3. The summed E-state index contributed by atoms with van der Waals surface area (Å²) < 4.78 is 13.4. The van der Waals surface area contributed by atoms with Crippen LogP contribution in [0.5, 0.6) is 0 Å². The van der Waals surface area contributed by atoms with Gasteiger partial charge in [0.2, 0.25) is 0 Å². The van der Waals surface area contributed by atoms with E-state index in [-0.39, 0.29) is 18.1 Å². The van der Waals surface area contributed by atoms with Crippen molar-refractivity contribution in [3.8, 4) is 0 Å². The SMILES string of the molecule is CCn1nc(C)c(C(=O)NC2COCCC2OCC2CC2)c1C. The molecule has 0 radical (unpaired) electrons. The Morgan fingerprint density at radius 2 is 2.17 bits per heavy atom. The standard InChI is InChI=1S/C17H27N3O3/c1-4-20-12(3)16(11(2)19-20)17(21)18-14-10-22-8-7-15(14)23-9-13-5-6-13/h13-15H,4-10H2,1-3H3,(H,18,21). The van der Waals surface area contributed by atoms with Crippen LogP contribution < -0.4 is 5.32 Å². The molecule has 2 atom stereocenters. The summed E-state index contributed by atoms with van der Waals surface area (Å²) in [5.41, 5.74) is 2.36. The summed E-state index contributed by atoms with van der Waals surface area (Å²) in [5.74, 6) is 0.650. The van der Waals surface area contributed by atoms with Gasteiger partial charge in [0.05, 0.1) is 30.0 Å². The zero-order valence-electron chi connectivity index (χ0n) is 14.3. The van der Waals surface area contributed by atoms with E-state index >= 15 is 0 Å². The topological polar surface area (TPSA) is 65.4 Å². The molecule has 1 saturated heterocycles. The summed E-state index contributed by atoms with van der Waals surface area (Å²) in [6.07, 6.45) is 3.43. The lowest BCUT2D eigenvalue weighted by molar-refractivity contribution is -0.0567. The van der Waals surface area contributed by atoms with Crippen molar-refractivity contribution in [1.29, 1.82) is 0 Å². The Morgan fingerprint density at radius 1 is 1.39 bits per heavy atom. The molecule has 3 rings (SSSR count). The fourth-order valence-corrected chi connectivity index (χ4v) is 3.17. The molecule has 2 aliphatic rings. The van der Waals surface area contributed by atoms with E-state index in [1.807, 2.05) is 25.5 Å². The highest BCUT2D eigenvalue weighted by molar-refractivity contribution is 5.96. The summed E-state index contributed by atoms with van der Waals surface area (Å²) >= 11 is 0. The summed E-state index contributed by atoms with van der Waals surface area (Å²) in [4.78, 5) is 12.7. The van der Waals surface area contributed by atoms with E-state index in [1.165, 1.54) is 12.8 Å². The van der Waals surface area contributed by atoms with Crippen molar-refractivity contribution in [2.75, 3.05) is 19.8 Å². The second-order valence-corrected chi connectivity index (χ2v) is 6.62. The number of amides is 1. The van der Waals surface area contributed by atoms with Gasteiger partial charge < -0.3 is 14.8 Å². The van der Waals surface area contributed by atoms with Crippen molar-refractivity contribution in [3.63, 3.8) is 0 Å². The van der Waals surface area contributed by atoms with Gasteiger partial charge in [0, 0.05) is 25.5 Å². The third-order valence-corrected chi connectivity index (χ3v) is 4.76. The Bertz CT molecular complexity index is 566. The van der Waals surface area contributed by atoms with Crippen LogP contribution in [0.4, 0.5) is 0 Å². The number of nitrogens with zero attached hydrogens (tertiary/aromatic N) is 2. The molecule has 2 unspecified atom stereocenters. The van der Waals surface area contributed by atoms with Gasteiger partial charge in [-0.1, -0.05) is 0 Å². The number of hydrogen-bond donors (Lipinski definition) is 1. The zero-order chi connectivity index (χ0) is 16.4. The number of carbonyl (C=O) groups is 1. The second kappa shape index (κ2) is 7.01. The molecule has 1 N–H and O–H groups in total. The Morgan fingerprint density at radius 3 is 2.83 bits per heavy atom. The fraction of sp³-hybridized carbons (Fsp3) is 0.765. The van der Waals surface area contributed by atoms with Crippen molar-refractivity contribution in [2.45, 2.75) is 58.7 Å². The molecular weight excluding hydrogens is 294 g/mol. The van der Waals surface area contributed by atoms with Crippen molar-refractivity contribution in [2.24, 2.45) is 5.92 Å². The number of ether oxygens (including phenoxy) is 2. The monoisotopic (exact) mass is 321 g/mol. The van der Waals surface area contributed by atoms with Crippen molar-refractivity contribution in [1.82, 2.24) is 15.1 Å². The lowest BCUT2D eigenvalue weighted by Crippen LogP contribution is -2.50. The first-order chi connectivity index (χ1) is 11.1. The van der Waals surface area contributed by atoms with E-state index in [2.05, 4.69) is 10.4 Å². The third-order valence-electron chi connectivity index (χ3n) is 4.76. The Balaban J connectivity index is 1.66. The van der Waals surface area contributed by atoms with Gasteiger partial charge in [-0.25, -0.2) is 0 Å². The van der Waals surface area contributed by atoms with Gasteiger partial charge in [-0.15, -0.1) is 0 Å². The van der Waals surface area contributed by atoms with E-state index in [0.29, 0.717) is 18.8 Å². The second-order valence-electron chi connectivity index (χ2n) is 6.62. The van der Waals surface area contributed by atoms with E-state index < -0.39 is 0 Å². The van der Waals surface area contributed by atoms with E-state index in [4.69, 9.17) is 9.47 Å². The average molecular weight is 321 g/mol. The molecule has 0 bridgehead atoms. The number of aryl methyl sites for hydroxylation is 2. The van der Waals surface area contributed by atoms with Crippen LogP contribution in [0, 0.1) is 19.8 Å². The van der Waals surface area contributed by atoms with Gasteiger partial charge in [-0.05, 0) is 46.0 Å². The van der Waals surface area contributed by atoms with Crippen LogP contribution in [-0.2, 0) is 16.0 Å². The minimum atomic E-state index is -0.0845. The molecule has 1 amide bonds.